The van der Waals surface area contributed by atoms with Crippen molar-refractivity contribution in [3.8, 4) is 5.75 Å². The maximum Gasteiger partial charge on any atom is 0.187 e. The van der Waals surface area contributed by atoms with Gasteiger partial charge in [0.15, 0.2) is 6.29 Å². The summed E-state index contributed by atoms with van der Waals surface area (Å²) in [5.41, 5.74) is 2.45. The lowest BCUT2D eigenvalue weighted by atomic mass is 9.92. The van der Waals surface area contributed by atoms with Crippen molar-refractivity contribution in [3.05, 3.63) is 64.2 Å². The highest BCUT2D eigenvalue weighted by Gasteiger charge is 2.44. The molecule has 8 heteroatoms. The van der Waals surface area contributed by atoms with Crippen LogP contribution in [-0.4, -0.2) is 64.8 Å². The Morgan fingerprint density at radius 2 is 1.73 bits per heavy atom. The van der Waals surface area contributed by atoms with Gasteiger partial charge < -0.3 is 34.6 Å². The van der Waals surface area contributed by atoms with Gasteiger partial charge in [0.1, 0.15) is 30.2 Å². The molecular formula is C22H27ClO7. The summed E-state index contributed by atoms with van der Waals surface area (Å²) in [4.78, 5) is 0. The summed E-state index contributed by atoms with van der Waals surface area (Å²) in [6, 6.07) is 12.9. The highest BCUT2D eigenvalue weighted by Crippen LogP contribution is 2.35. The van der Waals surface area contributed by atoms with Crippen molar-refractivity contribution in [3.63, 3.8) is 0 Å². The predicted molar refractivity (Wildman–Crippen MR) is 111 cm³/mol. The number of halogens is 1. The number of rotatable bonds is 8. The monoisotopic (exact) mass is 438 g/mol. The van der Waals surface area contributed by atoms with Gasteiger partial charge in [-0.05, 0) is 48.2 Å². The van der Waals surface area contributed by atoms with Crippen LogP contribution >= 0.6 is 11.6 Å². The molecule has 0 bridgehead atoms. The van der Waals surface area contributed by atoms with Gasteiger partial charge >= 0.3 is 0 Å². The van der Waals surface area contributed by atoms with Gasteiger partial charge in [-0.15, -0.1) is 0 Å². The fourth-order valence-corrected chi connectivity index (χ4v) is 3.61. The van der Waals surface area contributed by atoms with Gasteiger partial charge in [-0.1, -0.05) is 35.9 Å². The Balaban J connectivity index is 1.80. The molecule has 3 rings (SSSR count). The van der Waals surface area contributed by atoms with E-state index in [-0.39, 0.29) is 13.2 Å². The van der Waals surface area contributed by atoms with Crippen LogP contribution in [-0.2, 0) is 15.9 Å². The van der Waals surface area contributed by atoms with Crippen LogP contribution in [0.5, 0.6) is 5.75 Å². The van der Waals surface area contributed by atoms with E-state index in [1.54, 1.807) is 18.2 Å². The molecule has 2 aromatic rings. The molecule has 0 aromatic heterocycles. The van der Waals surface area contributed by atoms with Crippen molar-refractivity contribution < 1.29 is 34.6 Å². The molecule has 0 radical (unpaired) electrons. The normalized spacial score (nSPS) is 26.5. The summed E-state index contributed by atoms with van der Waals surface area (Å²) in [5.74, 6) is 0.793. The second kappa shape index (κ2) is 10.5. The Labute approximate surface area is 180 Å². The van der Waals surface area contributed by atoms with Crippen LogP contribution in [0.15, 0.2) is 42.5 Å². The van der Waals surface area contributed by atoms with Gasteiger partial charge in [0.25, 0.3) is 0 Å². The van der Waals surface area contributed by atoms with E-state index in [2.05, 4.69) is 0 Å². The van der Waals surface area contributed by atoms with Gasteiger partial charge in [0, 0.05) is 5.02 Å². The summed E-state index contributed by atoms with van der Waals surface area (Å²) < 4.78 is 16.4. The second-order valence-corrected chi connectivity index (χ2v) is 7.50. The predicted octanol–water partition coefficient (Wildman–Crippen LogP) is 1.82. The van der Waals surface area contributed by atoms with Crippen molar-refractivity contribution in [2.75, 3.05) is 19.8 Å². The van der Waals surface area contributed by atoms with Crippen molar-refractivity contribution in [1.29, 1.82) is 0 Å². The molecule has 0 saturated carbocycles. The minimum absolute atomic E-state index is 0.0686. The number of hydrogen-bond donors (Lipinski definition) is 4. The third-order valence-corrected chi connectivity index (χ3v) is 5.34. The molecular weight excluding hydrogens is 412 g/mol. The molecule has 0 aliphatic carbocycles. The largest absolute Gasteiger partial charge is 0.494 e. The smallest absolute Gasteiger partial charge is 0.187 e. The molecule has 7 nitrogen and oxygen atoms in total. The molecule has 3 unspecified atom stereocenters. The van der Waals surface area contributed by atoms with Crippen LogP contribution in [0.3, 0.4) is 0 Å². The number of ether oxygens (including phenoxy) is 3. The van der Waals surface area contributed by atoms with Crippen LogP contribution in [0.2, 0.25) is 5.02 Å². The fraction of sp³-hybridized carbons (Fsp3) is 0.455. The van der Waals surface area contributed by atoms with E-state index in [0.717, 1.165) is 16.9 Å². The second-order valence-electron chi connectivity index (χ2n) is 7.10. The molecule has 1 saturated heterocycles. The molecule has 1 aliphatic rings. The standard InChI is InChI=1S/C22H27ClO7/c1-2-28-16-6-3-13(4-7-16)11-15-12-14(5-8-17(15)23)21-19(26)18(25)20(27)22(30-21)29-10-9-24/h3-8,12,18-22,24-27H,2,9-11H2,1H3/t18?,19?,20?,21-,22-/m0/s1. The zero-order valence-corrected chi connectivity index (χ0v) is 17.4. The lowest BCUT2D eigenvalue weighted by molar-refractivity contribution is -0.300. The van der Waals surface area contributed by atoms with Crippen molar-refractivity contribution in [2.45, 2.75) is 44.1 Å². The van der Waals surface area contributed by atoms with Gasteiger partial charge in [-0.25, -0.2) is 0 Å². The molecule has 30 heavy (non-hydrogen) atoms. The number of hydrogen-bond acceptors (Lipinski definition) is 7. The van der Waals surface area contributed by atoms with Crippen LogP contribution in [0.1, 0.15) is 29.7 Å². The zero-order chi connectivity index (χ0) is 21.7. The summed E-state index contributed by atoms with van der Waals surface area (Å²) in [6.07, 6.45) is -5.80. The Morgan fingerprint density at radius 3 is 2.40 bits per heavy atom. The Bertz CT molecular complexity index is 814. The molecule has 1 fully saturated rings. The Kier molecular flexibility index (Phi) is 8.07. The van der Waals surface area contributed by atoms with E-state index < -0.39 is 30.7 Å². The maximum absolute atomic E-state index is 10.4. The van der Waals surface area contributed by atoms with Crippen LogP contribution in [0.4, 0.5) is 0 Å². The number of aliphatic hydroxyl groups is 4. The third-order valence-electron chi connectivity index (χ3n) is 4.97. The summed E-state index contributed by atoms with van der Waals surface area (Å²) in [5, 5.41) is 40.2. The lowest BCUT2D eigenvalue weighted by Gasteiger charge is -2.40. The summed E-state index contributed by atoms with van der Waals surface area (Å²) >= 11 is 6.38. The van der Waals surface area contributed by atoms with Gasteiger partial charge in [-0.3, -0.25) is 0 Å². The minimum Gasteiger partial charge on any atom is -0.494 e. The van der Waals surface area contributed by atoms with Crippen LogP contribution in [0.25, 0.3) is 0 Å². The summed E-state index contributed by atoms with van der Waals surface area (Å²) in [7, 11) is 0. The zero-order valence-electron chi connectivity index (χ0n) is 16.6. The Hall–Kier alpha value is -1.71. The molecule has 2 aromatic carbocycles. The lowest BCUT2D eigenvalue weighted by Crippen LogP contribution is -2.55. The van der Waals surface area contributed by atoms with E-state index in [0.29, 0.717) is 23.6 Å². The maximum atomic E-state index is 10.4. The highest BCUT2D eigenvalue weighted by atomic mass is 35.5. The first-order valence-corrected chi connectivity index (χ1v) is 10.2. The third kappa shape index (κ3) is 5.31. The van der Waals surface area contributed by atoms with Gasteiger partial charge in [0.05, 0.1) is 19.8 Å². The van der Waals surface area contributed by atoms with Crippen LogP contribution in [0, 0.1) is 0 Å². The topological polar surface area (TPSA) is 109 Å². The van der Waals surface area contributed by atoms with E-state index >= 15 is 0 Å². The van der Waals surface area contributed by atoms with Crippen molar-refractivity contribution in [1.82, 2.24) is 0 Å². The first-order valence-electron chi connectivity index (χ1n) is 9.86. The molecule has 0 amide bonds. The highest BCUT2D eigenvalue weighted by molar-refractivity contribution is 6.31. The molecule has 5 atom stereocenters. The van der Waals surface area contributed by atoms with E-state index in [9.17, 15) is 15.3 Å². The number of aliphatic hydroxyl groups excluding tert-OH is 4. The molecule has 1 heterocycles. The van der Waals surface area contributed by atoms with E-state index in [1.165, 1.54) is 0 Å². The molecule has 0 spiro atoms. The first kappa shape index (κ1) is 23.0. The summed E-state index contributed by atoms with van der Waals surface area (Å²) in [6.45, 7) is 2.20. The SMILES string of the molecule is CCOc1ccc(Cc2cc([C@@H]3O[C@H](OCCO)C(O)C(O)C3O)ccc2Cl)cc1. The average Bonchev–Trinajstić information content (AvgIpc) is 2.75. The quantitative estimate of drug-likeness (QED) is 0.497. The minimum atomic E-state index is -1.46. The molecule has 164 valence electrons. The molecule has 4 N–H and O–H groups in total. The Morgan fingerprint density at radius 1 is 1.00 bits per heavy atom. The van der Waals surface area contributed by atoms with Gasteiger partial charge in [-0.2, -0.15) is 0 Å². The fourth-order valence-electron chi connectivity index (χ4n) is 3.43. The van der Waals surface area contributed by atoms with E-state index in [1.807, 2.05) is 31.2 Å². The van der Waals surface area contributed by atoms with Crippen molar-refractivity contribution >= 4 is 11.6 Å². The average molecular weight is 439 g/mol. The van der Waals surface area contributed by atoms with E-state index in [4.69, 9.17) is 30.9 Å². The number of benzene rings is 2. The van der Waals surface area contributed by atoms with Crippen LogP contribution < -0.4 is 4.74 Å². The van der Waals surface area contributed by atoms with Gasteiger partial charge in [0.2, 0.25) is 0 Å². The van der Waals surface area contributed by atoms with Crippen molar-refractivity contribution in [2.24, 2.45) is 0 Å². The molecule has 1 aliphatic heterocycles. The first-order chi connectivity index (χ1) is 14.4.